The molecule has 15 heteroatoms. The number of imidazole rings is 2. The van der Waals surface area contributed by atoms with E-state index in [0.717, 1.165) is 71.0 Å². The summed E-state index contributed by atoms with van der Waals surface area (Å²) >= 11 is 0. The Kier molecular flexibility index (Phi) is 15.1. The van der Waals surface area contributed by atoms with Gasteiger partial charge >= 0.3 is 12.1 Å². The number of ether oxygens (including phenoxy) is 2. The van der Waals surface area contributed by atoms with Crippen molar-refractivity contribution in [2.24, 2.45) is 17.8 Å². The number of nitrogens with one attached hydrogen (secondary N) is 3. The first kappa shape index (κ1) is 43.8. The number of alkyl carbamates (subject to hydrolysis) is 1. The zero-order valence-corrected chi connectivity index (χ0v) is 34.4. The molecule has 0 bridgehead atoms. The Labute approximate surface area is 340 Å². The Hall–Kier alpha value is -4.88. The third-order valence-electron chi connectivity index (χ3n) is 10.7. The zero-order valence-electron chi connectivity index (χ0n) is 32.7. The lowest BCUT2D eigenvalue weighted by Gasteiger charge is -2.30. The fourth-order valence-electron chi connectivity index (χ4n) is 7.58. The number of H-pyrrole nitrogens is 2. The van der Waals surface area contributed by atoms with E-state index in [1.807, 2.05) is 43.7 Å². The Morgan fingerprint density at radius 1 is 0.696 bits per heavy atom. The van der Waals surface area contributed by atoms with Gasteiger partial charge in [-0.05, 0) is 59.8 Å². The van der Waals surface area contributed by atoms with Crippen molar-refractivity contribution in [1.29, 1.82) is 0 Å². The SMILES string of the molecule is COC(=O)C[C@H](C(=O)N1CCC[C@H]1c1ncc(-c2ccc(-c3ccc(-c4cnc([C@@H]5CCCN5C(=O)[C@@H](NC(=O)OC)C(C)C)[nH]4)cc3)cc2)[nH]1)C(C)C.Cl.Cl. The van der Waals surface area contributed by atoms with E-state index < -0.39 is 18.1 Å². The van der Waals surface area contributed by atoms with Crippen LogP contribution in [0.2, 0.25) is 0 Å². The molecule has 0 radical (unpaired) electrons. The van der Waals surface area contributed by atoms with Crippen LogP contribution in [0.4, 0.5) is 4.79 Å². The number of carbonyl (C=O) groups excluding carboxylic acids is 4. The lowest BCUT2D eigenvalue weighted by molar-refractivity contribution is -0.148. The van der Waals surface area contributed by atoms with Gasteiger partial charge < -0.3 is 34.6 Å². The summed E-state index contributed by atoms with van der Waals surface area (Å²) < 4.78 is 9.61. The molecule has 2 aromatic heterocycles. The number of hydrogen-bond acceptors (Lipinski definition) is 8. The van der Waals surface area contributed by atoms with Crippen LogP contribution in [0.5, 0.6) is 0 Å². The Morgan fingerprint density at radius 3 is 1.55 bits per heavy atom. The Balaban J connectivity index is 0.00000348. The van der Waals surface area contributed by atoms with Crippen LogP contribution in [0.15, 0.2) is 60.9 Å². The van der Waals surface area contributed by atoms with E-state index in [2.05, 4.69) is 73.8 Å². The van der Waals surface area contributed by atoms with Gasteiger partial charge in [0.05, 0.1) is 62.4 Å². The van der Waals surface area contributed by atoms with Gasteiger partial charge in [-0.2, -0.15) is 0 Å². The number of amides is 3. The highest BCUT2D eigenvalue weighted by atomic mass is 35.5. The molecule has 4 heterocycles. The maximum Gasteiger partial charge on any atom is 0.407 e. The second-order valence-corrected chi connectivity index (χ2v) is 14.9. The van der Waals surface area contributed by atoms with Crippen molar-refractivity contribution >= 4 is 48.7 Å². The molecule has 6 rings (SSSR count). The topological polar surface area (TPSA) is 163 Å². The maximum absolute atomic E-state index is 13.6. The third kappa shape index (κ3) is 9.55. The summed E-state index contributed by atoms with van der Waals surface area (Å²) in [7, 11) is 2.64. The number of benzene rings is 2. The predicted molar refractivity (Wildman–Crippen MR) is 218 cm³/mol. The number of carbonyl (C=O) groups is 4. The first-order valence-electron chi connectivity index (χ1n) is 18.8. The molecule has 2 saturated heterocycles. The largest absolute Gasteiger partial charge is 0.469 e. The smallest absolute Gasteiger partial charge is 0.407 e. The monoisotopic (exact) mass is 809 g/mol. The Morgan fingerprint density at radius 2 is 1.14 bits per heavy atom. The van der Waals surface area contributed by atoms with E-state index in [0.29, 0.717) is 13.1 Å². The minimum Gasteiger partial charge on any atom is -0.469 e. The fourth-order valence-corrected chi connectivity index (χ4v) is 7.58. The summed E-state index contributed by atoms with van der Waals surface area (Å²) in [6.45, 7) is 8.95. The molecule has 2 aliphatic rings. The molecule has 4 aromatic rings. The number of esters is 1. The van der Waals surface area contributed by atoms with Gasteiger partial charge in [-0.3, -0.25) is 14.4 Å². The van der Waals surface area contributed by atoms with Gasteiger partial charge in [-0.1, -0.05) is 76.2 Å². The van der Waals surface area contributed by atoms with Crippen LogP contribution in [0.1, 0.15) is 83.5 Å². The van der Waals surface area contributed by atoms with Crippen molar-refractivity contribution in [3.8, 4) is 33.6 Å². The van der Waals surface area contributed by atoms with Gasteiger partial charge in [-0.15, -0.1) is 24.8 Å². The van der Waals surface area contributed by atoms with Crippen LogP contribution in [0.3, 0.4) is 0 Å². The molecule has 2 aromatic carbocycles. The Bertz CT molecular complexity index is 1810. The molecule has 3 N–H and O–H groups in total. The van der Waals surface area contributed by atoms with E-state index in [1.54, 1.807) is 6.20 Å². The summed E-state index contributed by atoms with van der Waals surface area (Å²) in [6, 6.07) is 15.5. The second kappa shape index (κ2) is 19.3. The van der Waals surface area contributed by atoms with Crippen molar-refractivity contribution in [2.75, 3.05) is 27.3 Å². The standard InChI is InChI=1S/C41H51N7O6.2ClH/c1-24(2)30(21-35(49)53-5)39(50)47-19-7-9-33(47)37-42-22-31(44-37)28-15-11-26(12-16-28)27-13-17-29(18-14-27)32-23-43-38(45-32)34-10-8-20-48(34)40(51)36(25(3)4)46-41(52)54-6;;/h11-18,22-25,30,33-34,36H,7-10,19-21H2,1-6H3,(H,42,44)(H,43,45)(H,46,52);2*1H/t30-,33-,34-,36-;;/m0../s1. The first-order chi connectivity index (χ1) is 26.0. The average molecular weight is 811 g/mol. The molecule has 0 spiro atoms. The van der Waals surface area contributed by atoms with E-state index in [1.165, 1.54) is 14.2 Å². The quantitative estimate of drug-likeness (QED) is 0.124. The number of aromatic amines is 2. The van der Waals surface area contributed by atoms with Gasteiger partial charge in [0.15, 0.2) is 0 Å². The number of nitrogens with zero attached hydrogens (tertiary/aromatic N) is 4. The molecule has 3 amide bonds. The highest BCUT2D eigenvalue weighted by molar-refractivity contribution is 5.87. The fraction of sp³-hybridized carbons (Fsp3) is 0.463. The summed E-state index contributed by atoms with van der Waals surface area (Å²) in [5, 5.41) is 2.69. The summed E-state index contributed by atoms with van der Waals surface area (Å²) in [5.74, 6) is 0.400. The molecule has 0 unspecified atom stereocenters. The van der Waals surface area contributed by atoms with Crippen molar-refractivity contribution in [3.63, 3.8) is 0 Å². The van der Waals surface area contributed by atoms with E-state index in [4.69, 9.17) is 9.47 Å². The number of halogens is 2. The van der Waals surface area contributed by atoms with Crippen LogP contribution in [0, 0.1) is 17.8 Å². The van der Waals surface area contributed by atoms with Crippen LogP contribution in [-0.2, 0) is 23.9 Å². The van der Waals surface area contributed by atoms with Crippen LogP contribution in [0.25, 0.3) is 33.6 Å². The molecule has 13 nitrogen and oxygen atoms in total. The summed E-state index contributed by atoms with van der Waals surface area (Å²) in [6.07, 6.45) is 6.38. The number of hydrogen-bond donors (Lipinski definition) is 3. The lowest BCUT2D eigenvalue weighted by Crippen LogP contribution is -2.51. The van der Waals surface area contributed by atoms with Crippen molar-refractivity contribution in [1.82, 2.24) is 35.1 Å². The van der Waals surface area contributed by atoms with Gasteiger partial charge in [0.1, 0.15) is 17.7 Å². The van der Waals surface area contributed by atoms with E-state index in [-0.39, 0.29) is 72.9 Å². The predicted octanol–water partition coefficient (Wildman–Crippen LogP) is 7.52. The van der Waals surface area contributed by atoms with Crippen LogP contribution >= 0.6 is 24.8 Å². The maximum atomic E-state index is 13.6. The van der Waals surface area contributed by atoms with Crippen molar-refractivity contribution in [2.45, 2.75) is 77.9 Å². The van der Waals surface area contributed by atoms with Crippen molar-refractivity contribution in [3.05, 3.63) is 72.6 Å². The minimum absolute atomic E-state index is 0. The van der Waals surface area contributed by atoms with Gasteiger partial charge in [0, 0.05) is 13.1 Å². The molecule has 2 aliphatic heterocycles. The highest BCUT2D eigenvalue weighted by Crippen LogP contribution is 2.36. The van der Waals surface area contributed by atoms with E-state index in [9.17, 15) is 19.2 Å². The zero-order chi connectivity index (χ0) is 38.5. The number of rotatable bonds is 12. The minimum atomic E-state index is -0.685. The molecule has 0 aliphatic carbocycles. The lowest BCUT2D eigenvalue weighted by atomic mass is 9.91. The highest BCUT2D eigenvalue weighted by Gasteiger charge is 2.39. The van der Waals surface area contributed by atoms with Gasteiger partial charge in [0.2, 0.25) is 11.8 Å². The molecule has 2 fully saturated rings. The molecule has 302 valence electrons. The van der Waals surface area contributed by atoms with E-state index >= 15 is 0 Å². The summed E-state index contributed by atoms with van der Waals surface area (Å²) in [5.41, 5.74) is 5.83. The summed E-state index contributed by atoms with van der Waals surface area (Å²) in [4.78, 5) is 71.0. The van der Waals surface area contributed by atoms with Gasteiger partial charge in [-0.25, -0.2) is 14.8 Å². The average Bonchev–Trinajstić information content (AvgIpc) is 4.02. The molecule has 56 heavy (non-hydrogen) atoms. The van der Waals surface area contributed by atoms with Crippen molar-refractivity contribution < 1.29 is 28.7 Å². The second-order valence-electron chi connectivity index (χ2n) is 14.9. The molecular weight excluding hydrogens is 757 g/mol. The molecule has 0 saturated carbocycles. The number of likely N-dealkylation sites (tertiary alicyclic amines) is 2. The van der Waals surface area contributed by atoms with Crippen LogP contribution in [-0.4, -0.2) is 87.0 Å². The number of aromatic nitrogens is 4. The normalized spacial score (nSPS) is 17.6. The third-order valence-corrected chi connectivity index (χ3v) is 10.7. The molecular formula is C41H53Cl2N7O6. The van der Waals surface area contributed by atoms with Crippen LogP contribution < -0.4 is 5.32 Å². The van der Waals surface area contributed by atoms with Gasteiger partial charge in [0.25, 0.3) is 0 Å². The first-order valence-corrected chi connectivity index (χ1v) is 18.8. The number of methoxy groups -OCH3 is 2. The molecule has 4 atom stereocenters.